The van der Waals surface area contributed by atoms with Crippen LogP contribution in [0.5, 0.6) is 0 Å². The van der Waals surface area contributed by atoms with Gasteiger partial charge in [0.15, 0.2) is 0 Å². The van der Waals surface area contributed by atoms with Crippen LogP contribution in [0.3, 0.4) is 0 Å². The van der Waals surface area contributed by atoms with Gasteiger partial charge in [0.1, 0.15) is 0 Å². The van der Waals surface area contributed by atoms with Crippen LogP contribution in [0.2, 0.25) is 0 Å². The maximum absolute atomic E-state index is 13.8. The zero-order valence-electron chi connectivity index (χ0n) is 20.7. The number of carbonyl (C=O) groups excluding carboxylic acids is 2. The first-order valence-electron chi connectivity index (χ1n) is 11.3. The second kappa shape index (κ2) is 10.8. The SMILES string of the molecule is CC(=O)Nc1cccc(NC(=O)CN(Cc2ccc(C)cc2)S(=O)(=O)c2c(C)cc(C)cc2C)c1. The Labute approximate surface area is 207 Å². The summed E-state index contributed by atoms with van der Waals surface area (Å²) in [6, 6.07) is 17.9. The lowest BCUT2D eigenvalue weighted by molar-refractivity contribution is -0.116. The molecular weight excluding hydrogens is 462 g/mol. The van der Waals surface area contributed by atoms with E-state index in [1.165, 1.54) is 11.2 Å². The van der Waals surface area contributed by atoms with Gasteiger partial charge >= 0.3 is 0 Å². The summed E-state index contributed by atoms with van der Waals surface area (Å²) in [5.74, 6) is -0.712. The number of rotatable bonds is 8. The Morgan fingerprint density at radius 3 is 1.94 bits per heavy atom. The molecule has 0 aliphatic heterocycles. The molecule has 0 spiro atoms. The first kappa shape index (κ1) is 26.1. The van der Waals surface area contributed by atoms with Crippen molar-refractivity contribution in [1.82, 2.24) is 4.31 Å². The van der Waals surface area contributed by atoms with Crippen molar-refractivity contribution in [2.45, 2.75) is 46.1 Å². The zero-order valence-corrected chi connectivity index (χ0v) is 21.5. The van der Waals surface area contributed by atoms with Crippen molar-refractivity contribution in [2.75, 3.05) is 17.2 Å². The van der Waals surface area contributed by atoms with Gasteiger partial charge in [0.05, 0.1) is 11.4 Å². The summed E-state index contributed by atoms with van der Waals surface area (Å²) in [7, 11) is -3.98. The Hall–Kier alpha value is -3.49. The second-order valence-electron chi connectivity index (χ2n) is 8.80. The number of hydrogen-bond acceptors (Lipinski definition) is 4. The van der Waals surface area contributed by atoms with E-state index in [0.717, 1.165) is 16.7 Å². The molecule has 2 N–H and O–H groups in total. The van der Waals surface area contributed by atoms with Gasteiger partial charge in [-0.1, -0.05) is 53.6 Å². The molecule has 0 atom stereocenters. The maximum Gasteiger partial charge on any atom is 0.244 e. The molecule has 0 aromatic heterocycles. The van der Waals surface area contributed by atoms with Crippen LogP contribution in [0, 0.1) is 27.7 Å². The van der Waals surface area contributed by atoms with Crippen LogP contribution in [-0.4, -0.2) is 31.1 Å². The molecule has 0 unspecified atom stereocenters. The molecule has 0 saturated heterocycles. The van der Waals surface area contributed by atoms with Gasteiger partial charge in [0.25, 0.3) is 0 Å². The van der Waals surface area contributed by atoms with Gasteiger partial charge < -0.3 is 10.6 Å². The predicted octanol–water partition coefficient (Wildman–Crippen LogP) is 4.71. The van der Waals surface area contributed by atoms with E-state index in [4.69, 9.17) is 0 Å². The van der Waals surface area contributed by atoms with Crippen LogP contribution in [0.15, 0.2) is 65.6 Å². The highest BCUT2D eigenvalue weighted by molar-refractivity contribution is 7.89. The Balaban J connectivity index is 1.92. The van der Waals surface area contributed by atoms with Crippen LogP contribution >= 0.6 is 0 Å². The molecule has 35 heavy (non-hydrogen) atoms. The summed E-state index contributed by atoms with van der Waals surface area (Å²) in [6.07, 6.45) is 0. The standard InChI is InChI=1S/C27H31N3O4S/c1-18-9-11-23(12-10-18)16-30(35(33,34)27-20(3)13-19(2)14-21(27)4)17-26(32)29-25-8-6-7-24(15-25)28-22(5)31/h6-15H,16-17H2,1-5H3,(H,28,31)(H,29,32). The highest BCUT2D eigenvalue weighted by atomic mass is 32.2. The lowest BCUT2D eigenvalue weighted by Gasteiger charge is -2.24. The second-order valence-corrected chi connectivity index (χ2v) is 10.7. The molecule has 3 aromatic rings. The van der Waals surface area contributed by atoms with Gasteiger partial charge in [-0.05, 0) is 62.6 Å². The molecule has 0 bridgehead atoms. The van der Waals surface area contributed by atoms with Crippen molar-refractivity contribution in [1.29, 1.82) is 0 Å². The Morgan fingerprint density at radius 2 is 1.37 bits per heavy atom. The lowest BCUT2D eigenvalue weighted by atomic mass is 10.1. The first-order chi connectivity index (χ1) is 16.5. The number of sulfonamides is 1. The number of anilines is 2. The zero-order chi connectivity index (χ0) is 25.8. The first-order valence-corrected chi connectivity index (χ1v) is 12.7. The van der Waals surface area contributed by atoms with Crippen molar-refractivity contribution >= 4 is 33.2 Å². The normalized spacial score (nSPS) is 11.4. The summed E-state index contributed by atoms with van der Waals surface area (Å²) >= 11 is 0. The van der Waals surface area contributed by atoms with Gasteiger partial charge in [-0.2, -0.15) is 4.31 Å². The summed E-state index contributed by atoms with van der Waals surface area (Å²) < 4.78 is 28.8. The molecule has 184 valence electrons. The van der Waals surface area contributed by atoms with Gasteiger partial charge in [0.2, 0.25) is 21.8 Å². The Kier molecular flexibility index (Phi) is 8.09. The number of nitrogens with one attached hydrogen (secondary N) is 2. The third kappa shape index (κ3) is 6.77. The van der Waals surface area contributed by atoms with E-state index < -0.39 is 15.9 Å². The van der Waals surface area contributed by atoms with Crippen molar-refractivity contribution in [2.24, 2.45) is 0 Å². The largest absolute Gasteiger partial charge is 0.326 e. The summed E-state index contributed by atoms with van der Waals surface area (Å²) in [4.78, 5) is 24.6. The van der Waals surface area contributed by atoms with E-state index in [-0.39, 0.29) is 23.9 Å². The average Bonchev–Trinajstić information content (AvgIpc) is 2.73. The third-order valence-electron chi connectivity index (χ3n) is 5.47. The minimum atomic E-state index is -3.98. The Bertz CT molecular complexity index is 1330. The minimum absolute atomic E-state index is 0.0503. The molecule has 3 rings (SSSR count). The maximum atomic E-state index is 13.8. The van der Waals surface area contributed by atoms with E-state index >= 15 is 0 Å². The number of amides is 2. The molecule has 0 saturated carbocycles. The van der Waals surface area contributed by atoms with Gasteiger partial charge in [0, 0.05) is 24.8 Å². The third-order valence-corrected chi connectivity index (χ3v) is 7.57. The fourth-order valence-electron chi connectivity index (χ4n) is 4.06. The van der Waals surface area contributed by atoms with Gasteiger partial charge in [-0.3, -0.25) is 9.59 Å². The number of carbonyl (C=O) groups is 2. The monoisotopic (exact) mass is 493 g/mol. The van der Waals surface area contributed by atoms with Crippen LogP contribution in [0.1, 0.15) is 34.7 Å². The summed E-state index contributed by atoms with van der Waals surface area (Å²) in [5.41, 5.74) is 5.08. The fourth-order valence-corrected chi connectivity index (χ4v) is 5.86. The molecule has 0 aliphatic carbocycles. The number of benzene rings is 3. The van der Waals surface area contributed by atoms with E-state index in [1.54, 1.807) is 38.1 Å². The van der Waals surface area contributed by atoms with Crippen molar-refractivity contribution in [3.63, 3.8) is 0 Å². The van der Waals surface area contributed by atoms with E-state index in [0.29, 0.717) is 22.5 Å². The molecule has 0 aliphatic rings. The molecule has 7 nitrogen and oxygen atoms in total. The topological polar surface area (TPSA) is 95.6 Å². The molecule has 0 radical (unpaired) electrons. The van der Waals surface area contributed by atoms with E-state index in [9.17, 15) is 18.0 Å². The predicted molar refractivity (Wildman–Crippen MR) is 139 cm³/mol. The van der Waals surface area contributed by atoms with Crippen LogP contribution in [-0.2, 0) is 26.2 Å². The van der Waals surface area contributed by atoms with Gasteiger partial charge in [-0.15, -0.1) is 0 Å². The van der Waals surface area contributed by atoms with Gasteiger partial charge in [-0.25, -0.2) is 8.42 Å². The quantitative estimate of drug-likeness (QED) is 0.475. The number of nitrogens with zero attached hydrogens (tertiary/aromatic N) is 1. The van der Waals surface area contributed by atoms with Crippen molar-refractivity contribution in [3.8, 4) is 0 Å². The molecule has 3 aromatic carbocycles. The summed E-state index contributed by atoms with van der Waals surface area (Å²) in [5, 5.41) is 5.41. The Morgan fingerprint density at radius 1 is 0.800 bits per heavy atom. The number of hydrogen-bond donors (Lipinski definition) is 2. The lowest BCUT2D eigenvalue weighted by Crippen LogP contribution is -2.38. The molecule has 0 heterocycles. The minimum Gasteiger partial charge on any atom is -0.326 e. The molecule has 2 amide bonds. The smallest absolute Gasteiger partial charge is 0.244 e. The van der Waals surface area contributed by atoms with Crippen molar-refractivity contribution < 1.29 is 18.0 Å². The van der Waals surface area contributed by atoms with E-state index in [2.05, 4.69) is 10.6 Å². The molecule has 8 heteroatoms. The average molecular weight is 494 g/mol. The van der Waals surface area contributed by atoms with Crippen LogP contribution < -0.4 is 10.6 Å². The molecular formula is C27H31N3O4S. The highest BCUT2D eigenvalue weighted by Crippen LogP contribution is 2.27. The highest BCUT2D eigenvalue weighted by Gasteiger charge is 2.30. The van der Waals surface area contributed by atoms with Crippen molar-refractivity contribution in [3.05, 3.63) is 88.5 Å². The fraction of sp³-hybridized carbons (Fsp3) is 0.259. The molecule has 0 fully saturated rings. The van der Waals surface area contributed by atoms with Crippen LogP contribution in [0.4, 0.5) is 11.4 Å². The van der Waals surface area contributed by atoms with Crippen LogP contribution in [0.25, 0.3) is 0 Å². The number of aryl methyl sites for hydroxylation is 4. The van der Waals surface area contributed by atoms with E-state index in [1.807, 2.05) is 50.2 Å². The summed E-state index contributed by atoms with van der Waals surface area (Å²) in [6.45, 7) is 8.49.